The third-order valence-electron chi connectivity index (χ3n) is 4.29. The first-order chi connectivity index (χ1) is 8.70. The number of hydrogen-bond acceptors (Lipinski definition) is 2. The second-order valence-corrected chi connectivity index (χ2v) is 5.90. The van der Waals surface area contributed by atoms with Crippen molar-refractivity contribution in [3.63, 3.8) is 0 Å². The molecule has 0 radical (unpaired) electrons. The van der Waals surface area contributed by atoms with Crippen LogP contribution in [0.25, 0.3) is 0 Å². The number of benzene rings is 1. The number of rotatable bonds is 5. The Morgan fingerprint density at radius 3 is 2.56 bits per heavy atom. The number of nitrogens with zero attached hydrogens (tertiary/aromatic N) is 1. The lowest BCUT2D eigenvalue weighted by Gasteiger charge is -2.23. The summed E-state index contributed by atoms with van der Waals surface area (Å²) in [5, 5.41) is 0. The van der Waals surface area contributed by atoms with Crippen LogP contribution in [0, 0.1) is 11.8 Å². The maximum absolute atomic E-state index is 5.95. The lowest BCUT2D eigenvalue weighted by atomic mass is 9.95. The Bertz CT molecular complexity index is 347. The molecule has 0 spiro atoms. The van der Waals surface area contributed by atoms with Crippen molar-refractivity contribution in [2.24, 2.45) is 17.6 Å². The van der Waals surface area contributed by atoms with Gasteiger partial charge in [-0.25, -0.2) is 0 Å². The third-order valence-corrected chi connectivity index (χ3v) is 4.29. The summed E-state index contributed by atoms with van der Waals surface area (Å²) < 4.78 is 0. The molecule has 0 aromatic heterocycles. The molecule has 2 unspecified atom stereocenters. The topological polar surface area (TPSA) is 29.3 Å². The van der Waals surface area contributed by atoms with Crippen molar-refractivity contribution in [3.05, 3.63) is 35.9 Å². The van der Waals surface area contributed by atoms with Crippen molar-refractivity contribution in [3.8, 4) is 0 Å². The van der Waals surface area contributed by atoms with Crippen LogP contribution in [0.2, 0.25) is 0 Å². The van der Waals surface area contributed by atoms with Gasteiger partial charge in [0.15, 0.2) is 0 Å². The van der Waals surface area contributed by atoms with Gasteiger partial charge in [-0.15, -0.1) is 0 Å². The fourth-order valence-corrected chi connectivity index (χ4v) is 2.93. The van der Waals surface area contributed by atoms with Crippen LogP contribution in [0.5, 0.6) is 0 Å². The van der Waals surface area contributed by atoms with E-state index in [9.17, 15) is 0 Å². The Labute approximate surface area is 111 Å². The molecule has 1 saturated heterocycles. The Morgan fingerprint density at radius 2 is 2.00 bits per heavy atom. The summed E-state index contributed by atoms with van der Waals surface area (Å²) in [4.78, 5) is 2.59. The summed E-state index contributed by atoms with van der Waals surface area (Å²) >= 11 is 0. The van der Waals surface area contributed by atoms with Crippen LogP contribution in [0.1, 0.15) is 31.7 Å². The van der Waals surface area contributed by atoms with E-state index in [-0.39, 0.29) is 0 Å². The van der Waals surface area contributed by atoms with E-state index in [4.69, 9.17) is 5.73 Å². The molecule has 2 atom stereocenters. The molecule has 0 saturated carbocycles. The van der Waals surface area contributed by atoms with Crippen LogP contribution in [0.4, 0.5) is 0 Å². The predicted octanol–water partition coefficient (Wildman–Crippen LogP) is 2.71. The number of nitrogens with two attached hydrogens (primary N) is 1. The standard InChI is InChI=1S/C16H26N2/c1-13(2)15-8-9-18(11-15)12-16(10-17)14-6-4-3-5-7-14/h3-7,13,15-16H,8-12,17H2,1-2H3. The molecule has 0 aliphatic carbocycles. The zero-order valence-electron chi connectivity index (χ0n) is 11.7. The Hall–Kier alpha value is -0.860. The zero-order chi connectivity index (χ0) is 13.0. The minimum atomic E-state index is 0.483. The van der Waals surface area contributed by atoms with Crippen molar-refractivity contribution in [1.29, 1.82) is 0 Å². The maximum Gasteiger partial charge on any atom is 0.00888 e. The van der Waals surface area contributed by atoms with Crippen molar-refractivity contribution in [1.82, 2.24) is 4.90 Å². The Balaban J connectivity index is 1.92. The average Bonchev–Trinajstić information content (AvgIpc) is 2.86. The first-order valence-electron chi connectivity index (χ1n) is 7.18. The predicted molar refractivity (Wildman–Crippen MR) is 77.6 cm³/mol. The quantitative estimate of drug-likeness (QED) is 0.865. The van der Waals surface area contributed by atoms with E-state index >= 15 is 0 Å². The molecular formula is C16H26N2. The summed E-state index contributed by atoms with van der Waals surface area (Å²) in [6.07, 6.45) is 1.35. The van der Waals surface area contributed by atoms with E-state index in [2.05, 4.69) is 49.1 Å². The first kappa shape index (κ1) is 13.6. The summed E-state index contributed by atoms with van der Waals surface area (Å²) in [5.74, 6) is 2.17. The van der Waals surface area contributed by atoms with Gasteiger partial charge in [-0.1, -0.05) is 44.2 Å². The van der Waals surface area contributed by atoms with Gasteiger partial charge in [0.2, 0.25) is 0 Å². The zero-order valence-corrected chi connectivity index (χ0v) is 11.7. The maximum atomic E-state index is 5.95. The minimum absolute atomic E-state index is 0.483. The van der Waals surface area contributed by atoms with Gasteiger partial charge in [-0.3, -0.25) is 0 Å². The van der Waals surface area contributed by atoms with Gasteiger partial charge in [-0.2, -0.15) is 0 Å². The molecular weight excluding hydrogens is 220 g/mol. The number of likely N-dealkylation sites (tertiary alicyclic amines) is 1. The monoisotopic (exact) mass is 246 g/mol. The van der Waals surface area contributed by atoms with Gasteiger partial charge in [0.05, 0.1) is 0 Å². The largest absolute Gasteiger partial charge is 0.330 e. The molecule has 0 amide bonds. The highest BCUT2D eigenvalue weighted by Gasteiger charge is 2.26. The van der Waals surface area contributed by atoms with Crippen molar-refractivity contribution >= 4 is 0 Å². The highest BCUT2D eigenvalue weighted by molar-refractivity contribution is 5.20. The van der Waals surface area contributed by atoms with Crippen LogP contribution >= 0.6 is 0 Å². The fraction of sp³-hybridized carbons (Fsp3) is 0.625. The fourth-order valence-electron chi connectivity index (χ4n) is 2.93. The molecule has 2 N–H and O–H groups in total. The van der Waals surface area contributed by atoms with E-state index < -0.39 is 0 Å². The van der Waals surface area contributed by atoms with Gasteiger partial charge in [0.25, 0.3) is 0 Å². The molecule has 2 heteroatoms. The lowest BCUT2D eigenvalue weighted by molar-refractivity contribution is 0.287. The van der Waals surface area contributed by atoms with Gasteiger partial charge < -0.3 is 10.6 Å². The normalized spacial score (nSPS) is 22.6. The van der Waals surface area contributed by atoms with E-state index in [0.29, 0.717) is 5.92 Å². The molecule has 1 aromatic carbocycles. The molecule has 1 fully saturated rings. The molecule has 1 aliphatic rings. The smallest absolute Gasteiger partial charge is 0.00888 e. The molecule has 2 rings (SSSR count). The second kappa shape index (κ2) is 6.35. The molecule has 100 valence electrons. The highest BCUT2D eigenvalue weighted by Crippen LogP contribution is 2.26. The molecule has 2 nitrogen and oxygen atoms in total. The highest BCUT2D eigenvalue weighted by atomic mass is 15.1. The number of hydrogen-bond donors (Lipinski definition) is 1. The molecule has 1 aromatic rings. The summed E-state index contributed by atoms with van der Waals surface area (Å²) in [6, 6.07) is 10.7. The minimum Gasteiger partial charge on any atom is -0.330 e. The van der Waals surface area contributed by atoms with Crippen LogP contribution in [-0.2, 0) is 0 Å². The Morgan fingerprint density at radius 1 is 1.28 bits per heavy atom. The van der Waals surface area contributed by atoms with E-state index in [1.807, 2.05) is 0 Å². The van der Waals surface area contributed by atoms with E-state index in [1.165, 1.54) is 25.1 Å². The van der Waals surface area contributed by atoms with E-state index in [0.717, 1.165) is 24.9 Å². The van der Waals surface area contributed by atoms with E-state index in [1.54, 1.807) is 0 Å². The van der Waals surface area contributed by atoms with Gasteiger partial charge in [0, 0.05) is 25.6 Å². The lowest BCUT2D eigenvalue weighted by Crippen LogP contribution is -2.30. The third kappa shape index (κ3) is 3.33. The molecule has 1 heterocycles. The summed E-state index contributed by atoms with van der Waals surface area (Å²) in [6.45, 7) is 9.03. The SMILES string of the molecule is CC(C)C1CCN(CC(CN)c2ccccc2)C1. The van der Waals surface area contributed by atoms with Crippen LogP contribution in [0.3, 0.4) is 0 Å². The molecule has 1 aliphatic heterocycles. The summed E-state index contributed by atoms with van der Waals surface area (Å²) in [7, 11) is 0. The first-order valence-corrected chi connectivity index (χ1v) is 7.18. The van der Waals surface area contributed by atoms with Crippen LogP contribution < -0.4 is 5.73 Å². The van der Waals surface area contributed by atoms with Crippen molar-refractivity contribution < 1.29 is 0 Å². The average molecular weight is 246 g/mol. The Kier molecular flexibility index (Phi) is 4.79. The van der Waals surface area contributed by atoms with Crippen molar-refractivity contribution in [2.75, 3.05) is 26.2 Å². The summed E-state index contributed by atoms with van der Waals surface area (Å²) in [5.41, 5.74) is 7.33. The van der Waals surface area contributed by atoms with Gasteiger partial charge >= 0.3 is 0 Å². The van der Waals surface area contributed by atoms with Crippen LogP contribution in [0.15, 0.2) is 30.3 Å². The van der Waals surface area contributed by atoms with Gasteiger partial charge in [0.1, 0.15) is 0 Å². The molecule has 0 bridgehead atoms. The van der Waals surface area contributed by atoms with Crippen molar-refractivity contribution in [2.45, 2.75) is 26.2 Å². The second-order valence-electron chi connectivity index (χ2n) is 5.90. The molecule has 18 heavy (non-hydrogen) atoms. The van der Waals surface area contributed by atoms with Gasteiger partial charge in [-0.05, 0) is 30.4 Å². The van der Waals surface area contributed by atoms with Crippen LogP contribution in [-0.4, -0.2) is 31.1 Å².